The lowest BCUT2D eigenvalue weighted by molar-refractivity contribution is 0.770. The minimum Gasteiger partial charge on any atom is -0.382 e. The lowest BCUT2D eigenvalue weighted by Crippen LogP contribution is -1.96. The largest absolute Gasteiger partial charge is 0.382 e. The Bertz CT molecular complexity index is 469. The van der Waals surface area contributed by atoms with E-state index < -0.39 is 0 Å². The van der Waals surface area contributed by atoms with Crippen molar-refractivity contribution in [2.75, 3.05) is 5.73 Å². The van der Waals surface area contributed by atoms with Gasteiger partial charge < -0.3 is 10.1 Å². The second kappa shape index (κ2) is 3.01. The molecule has 2 N–H and O–H groups in total. The van der Waals surface area contributed by atoms with Crippen LogP contribution in [-0.2, 0) is 0 Å². The molecule has 0 atom stereocenters. The molecule has 0 spiro atoms. The van der Waals surface area contributed by atoms with Crippen LogP contribution in [0.4, 0.5) is 5.82 Å². The van der Waals surface area contributed by atoms with Crippen molar-refractivity contribution in [3.63, 3.8) is 0 Å². The summed E-state index contributed by atoms with van der Waals surface area (Å²) in [5, 5.41) is 0. The smallest absolute Gasteiger partial charge is 0.149 e. The van der Waals surface area contributed by atoms with Crippen LogP contribution in [0.25, 0.3) is 5.52 Å². The van der Waals surface area contributed by atoms with Crippen molar-refractivity contribution >= 4 is 11.3 Å². The van der Waals surface area contributed by atoms with E-state index in [0.717, 1.165) is 11.3 Å². The van der Waals surface area contributed by atoms with Crippen molar-refractivity contribution in [3.05, 3.63) is 29.7 Å². The summed E-state index contributed by atoms with van der Waals surface area (Å²) in [6, 6.07) is 4.07. The first-order valence-corrected chi connectivity index (χ1v) is 4.83. The number of pyridine rings is 1. The quantitative estimate of drug-likeness (QED) is 0.748. The molecule has 0 unspecified atom stereocenters. The van der Waals surface area contributed by atoms with Gasteiger partial charge in [0.25, 0.3) is 0 Å². The molecule has 0 aliphatic heterocycles. The van der Waals surface area contributed by atoms with Crippen LogP contribution < -0.4 is 5.73 Å². The van der Waals surface area contributed by atoms with Gasteiger partial charge >= 0.3 is 0 Å². The average molecular weight is 189 g/mol. The second-order valence-electron chi connectivity index (χ2n) is 3.97. The minimum atomic E-state index is 0.390. The molecule has 74 valence electrons. The number of aromatic nitrogens is 2. The standard InChI is InChI=1S/C11H15N3/c1-7(2)11-13-10(12)9-5-4-8(3)6-14(9)11/h4-7H,12H2,1-3H3. The number of anilines is 1. The Morgan fingerprint density at radius 3 is 2.71 bits per heavy atom. The summed E-state index contributed by atoms with van der Waals surface area (Å²) in [6.07, 6.45) is 2.08. The molecule has 0 aliphatic rings. The van der Waals surface area contributed by atoms with Crippen molar-refractivity contribution in [3.8, 4) is 0 Å². The first-order chi connectivity index (χ1) is 6.59. The zero-order valence-electron chi connectivity index (χ0n) is 8.78. The van der Waals surface area contributed by atoms with Gasteiger partial charge in [-0.15, -0.1) is 0 Å². The number of fused-ring (bicyclic) bond motifs is 1. The zero-order chi connectivity index (χ0) is 10.3. The van der Waals surface area contributed by atoms with Crippen LogP contribution in [0.1, 0.15) is 31.2 Å². The summed E-state index contributed by atoms with van der Waals surface area (Å²) in [5.41, 5.74) is 8.05. The molecule has 0 saturated heterocycles. The van der Waals surface area contributed by atoms with Crippen molar-refractivity contribution in [2.24, 2.45) is 0 Å². The first kappa shape index (κ1) is 9.06. The number of hydrogen-bond acceptors (Lipinski definition) is 2. The summed E-state index contributed by atoms with van der Waals surface area (Å²) < 4.78 is 2.08. The lowest BCUT2D eigenvalue weighted by Gasteiger charge is -2.04. The molecule has 0 bridgehead atoms. The fraction of sp³-hybridized carbons (Fsp3) is 0.364. The van der Waals surface area contributed by atoms with E-state index in [4.69, 9.17) is 5.73 Å². The number of rotatable bonds is 1. The van der Waals surface area contributed by atoms with E-state index in [1.807, 2.05) is 6.07 Å². The van der Waals surface area contributed by atoms with Crippen LogP contribution in [0.2, 0.25) is 0 Å². The Balaban J connectivity index is 2.79. The summed E-state index contributed by atoms with van der Waals surface area (Å²) in [7, 11) is 0. The Kier molecular flexibility index (Phi) is 1.95. The van der Waals surface area contributed by atoms with Crippen LogP contribution in [-0.4, -0.2) is 9.38 Å². The third-order valence-electron chi connectivity index (χ3n) is 2.36. The van der Waals surface area contributed by atoms with Gasteiger partial charge in [0.1, 0.15) is 11.6 Å². The van der Waals surface area contributed by atoms with Crippen molar-refractivity contribution in [1.82, 2.24) is 9.38 Å². The van der Waals surface area contributed by atoms with Gasteiger partial charge in [0.2, 0.25) is 0 Å². The molecule has 2 rings (SSSR count). The van der Waals surface area contributed by atoms with E-state index >= 15 is 0 Å². The highest BCUT2D eigenvalue weighted by atomic mass is 15.1. The normalized spacial score (nSPS) is 11.4. The number of hydrogen-bond donors (Lipinski definition) is 1. The highest BCUT2D eigenvalue weighted by Gasteiger charge is 2.10. The molecule has 0 fully saturated rings. The van der Waals surface area contributed by atoms with Crippen molar-refractivity contribution in [1.29, 1.82) is 0 Å². The molecule has 2 aromatic rings. The first-order valence-electron chi connectivity index (χ1n) is 4.83. The highest BCUT2D eigenvalue weighted by Crippen LogP contribution is 2.21. The molecule has 0 radical (unpaired) electrons. The van der Waals surface area contributed by atoms with Crippen LogP contribution >= 0.6 is 0 Å². The topological polar surface area (TPSA) is 43.3 Å². The minimum absolute atomic E-state index is 0.390. The number of nitrogens with two attached hydrogens (primary N) is 1. The zero-order valence-corrected chi connectivity index (χ0v) is 8.78. The number of nitrogen functional groups attached to an aromatic ring is 1. The highest BCUT2D eigenvalue weighted by molar-refractivity contribution is 5.66. The van der Waals surface area contributed by atoms with E-state index in [9.17, 15) is 0 Å². The van der Waals surface area contributed by atoms with Gasteiger partial charge in [-0.05, 0) is 18.6 Å². The van der Waals surface area contributed by atoms with Gasteiger partial charge in [-0.25, -0.2) is 4.98 Å². The van der Waals surface area contributed by atoms with E-state index in [2.05, 4.69) is 42.4 Å². The van der Waals surface area contributed by atoms with Crippen molar-refractivity contribution in [2.45, 2.75) is 26.7 Å². The SMILES string of the molecule is Cc1ccc2c(N)nc(C(C)C)n2c1. The third-order valence-corrected chi connectivity index (χ3v) is 2.36. The van der Waals surface area contributed by atoms with E-state index in [0.29, 0.717) is 11.7 Å². The van der Waals surface area contributed by atoms with Gasteiger partial charge in [0.05, 0.1) is 5.52 Å². The summed E-state index contributed by atoms with van der Waals surface area (Å²) >= 11 is 0. The molecular formula is C11H15N3. The number of nitrogens with zero attached hydrogens (tertiary/aromatic N) is 2. The molecule has 0 aromatic carbocycles. The molecule has 0 saturated carbocycles. The van der Waals surface area contributed by atoms with Gasteiger partial charge in [-0.2, -0.15) is 0 Å². The predicted octanol–water partition coefficient (Wildman–Crippen LogP) is 2.35. The third kappa shape index (κ3) is 1.25. The number of imidazole rings is 1. The average Bonchev–Trinajstić information content (AvgIpc) is 2.43. The summed E-state index contributed by atoms with van der Waals surface area (Å²) in [5.74, 6) is 2.04. The van der Waals surface area contributed by atoms with E-state index in [1.165, 1.54) is 5.56 Å². The molecule has 14 heavy (non-hydrogen) atoms. The van der Waals surface area contributed by atoms with E-state index in [-0.39, 0.29) is 0 Å². The predicted molar refractivity (Wildman–Crippen MR) is 58.4 cm³/mol. The van der Waals surface area contributed by atoms with Crippen molar-refractivity contribution < 1.29 is 0 Å². The molecule has 2 heterocycles. The molecule has 0 aliphatic carbocycles. The summed E-state index contributed by atoms with van der Waals surface area (Å²) in [4.78, 5) is 4.37. The monoisotopic (exact) mass is 189 g/mol. The fourth-order valence-corrected chi connectivity index (χ4v) is 1.65. The fourth-order valence-electron chi connectivity index (χ4n) is 1.65. The molecule has 3 heteroatoms. The Labute approximate surface area is 83.6 Å². The second-order valence-corrected chi connectivity index (χ2v) is 3.97. The lowest BCUT2D eigenvalue weighted by atomic mass is 10.2. The maximum absolute atomic E-state index is 5.83. The van der Waals surface area contributed by atoms with Gasteiger partial charge in [-0.3, -0.25) is 0 Å². The Morgan fingerprint density at radius 1 is 1.36 bits per heavy atom. The Hall–Kier alpha value is -1.51. The van der Waals surface area contributed by atoms with Crippen LogP contribution in [0.3, 0.4) is 0 Å². The van der Waals surface area contributed by atoms with Crippen LogP contribution in [0.5, 0.6) is 0 Å². The van der Waals surface area contributed by atoms with Crippen LogP contribution in [0.15, 0.2) is 18.3 Å². The van der Waals surface area contributed by atoms with Crippen LogP contribution in [0, 0.1) is 6.92 Å². The summed E-state index contributed by atoms with van der Waals surface area (Å²) in [6.45, 7) is 6.31. The maximum atomic E-state index is 5.83. The molecule has 0 amide bonds. The molecule has 3 nitrogen and oxygen atoms in total. The van der Waals surface area contributed by atoms with Gasteiger partial charge in [-0.1, -0.05) is 19.9 Å². The molecule has 2 aromatic heterocycles. The van der Waals surface area contributed by atoms with Gasteiger partial charge in [0.15, 0.2) is 0 Å². The van der Waals surface area contributed by atoms with E-state index in [1.54, 1.807) is 0 Å². The van der Waals surface area contributed by atoms with Gasteiger partial charge in [0, 0.05) is 12.1 Å². The maximum Gasteiger partial charge on any atom is 0.149 e. The Morgan fingerprint density at radius 2 is 2.07 bits per heavy atom. The number of aryl methyl sites for hydroxylation is 1. The molecular weight excluding hydrogens is 174 g/mol.